The van der Waals surface area contributed by atoms with E-state index in [0.29, 0.717) is 46.6 Å². The van der Waals surface area contributed by atoms with Crippen LogP contribution in [0.1, 0.15) is 10.5 Å². The van der Waals surface area contributed by atoms with Gasteiger partial charge in [0.15, 0.2) is 11.6 Å². The molecule has 1 aliphatic rings. The summed E-state index contributed by atoms with van der Waals surface area (Å²) in [6, 6.07) is 6.70. The molecule has 1 amide bonds. The van der Waals surface area contributed by atoms with Crippen molar-refractivity contribution in [3.63, 3.8) is 0 Å². The maximum Gasteiger partial charge on any atom is 0.271 e. The zero-order valence-electron chi connectivity index (χ0n) is 14.3. The average Bonchev–Trinajstić information content (AvgIpc) is 3.02. The van der Waals surface area contributed by atoms with E-state index in [1.807, 2.05) is 0 Å². The van der Waals surface area contributed by atoms with E-state index in [0.717, 1.165) is 6.20 Å². The number of carbonyl (C=O) groups excluding carboxylic acids is 1. The van der Waals surface area contributed by atoms with Crippen molar-refractivity contribution in [3.8, 4) is 17.0 Å². The molecule has 9 heteroatoms. The molecule has 0 spiro atoms. The first-order valence-corrected chi connectivity index (χ1v) is 8.56. The van der Waals surface area contributed by atoms with Crippen LogP contribution >= 0.6 is 11.6 Å². The number of benzene rings is 1. The van der Waals surface area contributed by atoms with Crippen LogP contribution in [0.15, 0.2) is 36.7 Å². The van der Waals surface area contributed by atoms with E-state index >= 15 is 0 Å². The Morgan fingerprint density at radius 2 is 2.22 bits per heavy atom. The van der Waals surface area contributed by atoms with Gasteiger partial charge in [-0.25, -0.2) is 4.39 Å². The van der Waals surface area contributed by atoms with E-state index in [4.69, 9.17) is 16.3 Å². The summed E-state index contributed by atoms with van der Waals surface area (Å²) < 4.78 is 21.3. The molecule has 138 valence electrons. The number of anilines is 2. The Hall–Kier alpha value is -3.13. The molecule has 3 heterocycles. The molecule has 2 N–H and O–H groups in total. The highest BCUT2D eigenvalue weighted by Gasteiger charge is 2.29. The molecule has 2 aromatic heterocycles. The van der Waals surface area contributed by atoms with Crippen LogP contribution in [-0.2, 0) is 6.54 Å². The Balaban J connectivity index is 1.91. The third-order valence-electron chi connectivity index (χ3n) is 4.24. The third kappa shape index (κ3) is 2.97. The molecule has 0 fully saturated rings. The minimum absolute atomic E-state index is 0.239. The Morgan fingerprint density at radius 3 is 3.00 bits per heavy atom. The van der Waals surface area contributed by atoms with Crippen molar-refractivity contribution in [2.24, 2.45) is 0 Å². The van der Waals surface area contributed by atoms with E-state index in [9.17, 15) is 9.18 Å². The monoisotopic (exact) mass is 387 g/mol. The molecule has 1 aromatic carbocycles. The number of halogens is 2. The minimum Gasteiger partial charge on any atom is -0.493 e. The summed E-state index contributed by atoms with van der Waals surface area (Å²) >= 11 is 6.19. The first-order valence-electron chi connectivity index (χ1n) is 8.18. The van der Waals surface area contributed by atoms with Crippen LogP contribution < -0.4 is 15.4 Å². The number of nitrogens with zero attached hydrogens (tertiary/aromatic N) is 3. The van der Waals surface area contributed by atoms with E-state index in [1.54, 1.807) is 22.9 Å². The number of ether oxygens (including phenoxy) is 1. The second-order valence-electron chi connectivity index (χ2n) is 5.85. The number of para-hydroxylation sites is 1. The molecule has 1 aliphatic heterocycles. The van der Waals surface area contributed by atoms with Gasteiger partial charge in [0, 0.05) is 18.3 Å². The number of nitrogens with one attached hydrogen (secondary N) is 2. The Labute approximate surface area is 159 Å². The maximum absolute atomic E-state index is 14.4. The van der Waals surface area contributed by atoms with Gasteiger partial charge in [-0.05, 0) is 18.2 Å². The lowest BCUT2D eigenvalue weighted by molar-refractivity contribution is 0.0925. The second-order valence-corrected chi connectivity index (χ2v) is 6.26. The van der Waals surface area contributed by atoms with Crippen molar-refractivity contribution in [1.82, 2.24) is 20.1 Å². The van der Waals surface area contributed by atoms with Crippen molar-refractivity contribution >= 4 is 28.9 Å². The molecule has 3 aromatic rings. The van der Waals surface area contributed by atoms with Crippen LogP contribution in [0.25, 0.3) is 11.3 Å². The fraction of sp³-hybridized carbons (Fsp3) is 0.167. The molecule has 0 aliphatic carbocycles. The third-order valence-corrected chi connectivity index (χ3v) is 4.53. The molecule has 0 bridgehead atoms. The highest BCUT2D eigenvalue weighted by molar-refractivity contribution is 6.32. The van der Waals surface area contributed by atoms with Crippen LogP contribution in [0.3, 0.4) is 0 Å². The molecule has 7 nitrogen and oxygen atoms in total. The second kappa shape index (κ2) is 6.88. The number of hydrogen-bond acceptors (Lipinski definition) is 5. The normalized spacial score (nSPS) is 13.1. The Morgan fingerprint density at radius 1 is 1.37 bits per heavy atom. The van der Waals surface area contributed by atoms with E-state index in [1.165, 1.54) is 19.4 Å². The number of carbonyl (C=O) groups is 1. The van der Waals surface area contributed by atoms with Crippen molar-refractivity contribution in [1.29, 1.82) is 0 Å². The predicted molar refractivity (Wildman–Crippen MR) is 99.0 cm³/mol. The van der Waals surface area contributed by atoms with Gasteiger partial charge in [0.05, 0.1) is 36.2 Å². The van der Waals surface area contributed by atoms with Crippen LogP contribution in [0, 0.1) is 5.82 Å². The summed E-state index contributed by atoms with van der Waals surface area (Å²) in [5, 5.41) is 10.8. The molecule has 0 unspecified atom stereocenters. The highest BCUT2D eigenvalue weighted by Crippen LogP contribution is 2.39. The van der Waals surface area contributed by atoms with Gasteiger partial charge in [-0.3, -0.25) is 14.5 Å². The van der Waals surface area contributed by atoms with E-state index < -0.39 is 5.82 Å². The number of amides is 1. The molecular formula is C18H15ClFN5O2. The van der Waals surface area contributed by atoms with Crippen LogP contribution in [-0.4, -0.2) is 34.3 Å². The number of rotatable bonds is 4. The number of methoxy groups -OCH3 is 1. The summed E-state index contributed by atoms with van der Waals surface area (Å²) in [6.07, 6.45) is 2.58. The summed E-state index contributed by atoms with van der Waals surface area (Å²) in [7, 11) is 1.50. The van der Waals surface area contributed by atoms with Crippen molar-refractivity contribution in [2.45, 2.75) is 6.54 Å². The van der Waals surface area contributed by atoms with E-state index in [-0.39, 0.29) is 11.5 Å². The fourth-order valence-electron chi connectivity index (χ4n) is 3.04. The number of pyridine rings is 1. The summed E-state index contributed by atoms with van der Waals surface area (Å²) in [4.78, 5) is 16.2. The smallest absolute Gasteiger partial charge is 0.271 e. The van der Waals surface area contributed by atoms with Crippen LogP contribution in [0.5, 0.6) is 5.75 Å². The van der Waals surface area contributed by atoms with Crippen LogP contribution in [0.2, 0.25) is 5.02 Å². The van der Waals surface area contributed by atoms with Crippen molar-refractivity contribution < 1.29 is 13.9 Å². The quantitative estimate of drug-likeness (QED) is 0.718. The molecule has 0 radical (unpaired) electrons. The SMILES string of the molecule is COc1c(Cl)cccc1Nc1c(-c2ccncc2F)nn2c1C(=O)NCC2. The number of aromatic nitrogens is 3. The molecule has 4 rings (SSSR count). The molecule has 0 saturated heterocycles. The lowest BCUT2D eigenvalue weighted by Gasteiger charge is -2.17. The predicted octanol–water partition coefficient (Wildman–Crippen LogP) is 3.23. The van der Waals surface area contributed by atoms with Gasteiger partial charge in [-0.2, -0.15) is 5.10 Å². The lowest BCUT2D eigenvalue weighted by atomic mass is 10.1. The van der Waals surface area contributed by atoms with Gasteiger partial charge >= 0.3 is 0 Å². The molecule has 27 heavy (non-hydrogen) atoms. The maximum atomic E-state index is 14.4. The zero-order valence-corrected chi connectivity index (χ0v) is 15.0. The summed E-state index contributed by atoms with van der Waals surface area (Å²) in [5.74, 6) is -0.413. The van der Waals surface area contributed by atoms with Gasteiger partial charge in [-0.1, -0.05) is 17.7 Å². The Kier molecular flexibility index (Phi) is 4.41. The average molecular weight is 388 g/mol. The minimum atomic E-state index is -0.533. The van der Waals surface area contributed by atoms with Gasteiger partial charge in [0.2, 0.25) is 0 Å². The first kappa shape index (κ1) is 17.3. The van der Waals surface area contributed by atoms with Crippen molar-refractivity contribution in [3.05, 3.63) is 53.2 Å². The highest BCUT2D eigenvalue weighted by atomic mass is 35.5. The molecular weight excluding hydrogens is 373 g/mol. The zero-order chi connectivity index (χ0) is 19.0. The lowest BCUT2D eigenvalue weighted by Crippen LogP contribution is -2.35. The van der Waals surface area contributed by atoms with E-state index in [2.05, 4.69) is 20.7 Å². The van der Waals surface area contributed by atoms with Gasteiger partial charge < -0.3 is 15.4 Å². The number of hydrogen-bond donors (Lipinski definition) is 2. The summed E-state index contributed by atoms with van der Waals surface area (Å²) in [5.41, 5.74) is 1.77. The van der Waals surface area contributed by atoms with Crippen LogP contribution in [0.4, 0.5) is 15.8 Å². The first-order chi connectivity index (χ1) is 13.1. The molecule has 0 saturated carbocycles. The Bertz CT molecular complexity index is 1040. The van der Waals surface area contributed by atoms with Gasteiger partial charge in [0.1, 0.15) is 11.4 Å². The molecule has 0 atom stereocenters. The van der Waals surface area contributed by atoms with Gasteiger partial charge in [0.25, 0.3) is 5.91 Å². The van der Waals surface area contributed by atoms with Gasteiger partial charge in [-0.15, -0.1) is 0 Å². The summed E-state index contributed by atoms with van der Waals surface area (Å²) in [6.45, 7) is 0.931. The fourth-order valence-corrected chi connectivity index (χ4v) is 3.29. The largest absolute Gasteiger partial charge is 0.493 e. The standard InChI is InChI=1S/C18H15ClFN5O2/c1-27-17-11(19)3-2-4-13(17)23-15-14(10-5-6-21-9-12(10)20)24-25-8-7-22-18(26)16(15)25/h2-6,9,23H,7-8H2,1H3,(H,22,26). The topological polar surface area (TPSA) is 81.1 Å². The number of fused-ring (bicyclic) bond motifs is 1. The van der Waals surface area contributed by atoms with Crippen molar-refractivity contribution in [2.75, 3.05) is 19.0 Å².